The van der Waals surface area contributed by atoms with E-state index >= 15 is 0 Å². The SMILES string of the molecule is CS(=O)(=O)N(Cc1ccc(C(=O)NN)cc1)Cc1ccc(C(=O)NN)cc1. The monoisotopic (exact) mass is 391 g/mol. The van der Waals surface area contributed by atoms with Gasteiger partial charge in [0, 0.05) is 24.2 Å². The van der Waals surface area contributed by atoms with Crippen LogP contribution in [0, 0.1) is 0 Å². The number of hydrogen-bond acceptors (Lipinski definition) is 6. The van der Waals surface area contributed by atoms with Crippen LogP contribution >= 0.6 is 0 Å². The third-order valence-electron chi connectivity index (χ3n) is 3.88. The highest BCUT2D eigenvalue weighted by molar-refractivity contribution is 7.88. The number of carbonyl (C=O) groups excluding carboxylic acids is 2. The number of sulfonamides is 1. The number of carbonyl (C=O) groups is 2. The van der Waals surface area contributed by atoms with Crippen molar-refractivity contribution in [3.63, 3.8) is 0 Å². The molecule has 144 valence electrons. The zero-order valence-corrected chi connectivity index (χ0v) is 15.5. The average molecular weight is 391 g/mol. The van der Waals surface area contributed by atoms with E-state index < -0.39 is 21.8 Å². The molecule has 0 aliphatic rings. The largest absolute Gasteiger partial charge is 0.290 e. The fourth-order valence-electron chi connectivity index (χ4n) is 2.39. The summed E-state index contributed by atoms with van der Waals surface area (Å²) >= 11 is 0. The van der Waals surface area contributed by atoms with Crippen LogP contribution in [0.2, 0.25) is 0 Å². The molecule has 0 bridgehead atoms. The van der Waals surface area contributed by atoms with Gasteiger partial charge in [-0.05, 0) is 35.4 Å². The molecular weight excluding hydrogens is 370 g/mol. The Hall–Kier alpha value is -2.79. The number of benzene rings is 2. The number of nitrogens with one attached hydrogen (secondary N) is 2. The summed E-state index contributed by atoms with van der Waals surface area (Å²) in [6, 6.07) is 12.9. The van der Waals surface area contributed by atoms with Crippen LogP contribution in [-0.4, -0.2) is 30.8 Å². The molecule has 2 aromatic rings. The van der Waals surface area contributed by atoms with Gasteiger partial charge in [0.1, 0.15) is 0 Å². The van der Waals surface area contributed by atoms with Crippen molar-refractivity contribution in [2.24, 2.45) is 11.7 Å². The Bertz CT molecular complexity index is 850. The average Bonchev–Trinajstić information content (AvgIpc) is 2.66. The molecule has 0 saturated carbocycles. The van der Waals surface area contributed by atoms with Crippen molar-refractivity contribution >= 4 is 21.8 Å². The fourth-order valence-corrected chi connectivity index (χ4v) is 3.15. The van der Waals surface area contributed by atoms with E-state index in [2.05, 4.69) is 0 Å². The molecule has 2 rings (SSSR count). The van der Waals surface area contributed by atoms with Gasteiger partial charge in [0.05, 0.1) is 6.26 Å². The second-order valence-electron chi connectivity index (χ2n) is 5.87. The first kappa shape index (κ1) is 20.5. The lowest BCUT2D eigenvalue weighted by Crippen LogP contribution is -2.30. The van der Waals surface area contributed by atoms with Crippen molar-refractivity contribution in [3.05, 3.63) is 70.8 Å². The van der Waals surface area contributed by atoms with E-state index in [1.807, 2.05) is 10.9 Å². The molecule has 0 aromatic heterocycles. The molecule has 0 radical (unpaired) electrons. The fraction of sp³-hybridized carbons (Fsp3) is 0.176. The van der Waals surface area contributed by atoms with Gasteiger partial charge in [0.15, 0.2) is 0 Å². The Balaban J connectivity index is 2.16. The van der Waals surface area contributed by atoms with Crippen molar-refractivity contribution in [2.45, 2.75) is 13.1 Å². The summed E-state index contributed by atoms with van der Waals surface area (Å²) in [5, 5.41) is 0. The Morgan fingerprint density at radius 2 is 1.15 bits per heavy atom. The maximum atomic E-state index is 12.1. The van der Waals surface area contributed by atoms with Gasteiger partial charge >= 0.3 is 0 Å². The van der Waals surface area contributed by atoms with Crippen LogP contribution in [0.25, 0.3) is 0 Å². The molecular formula is C17H21N5O4S. The van der Waals surface area contributed by atoms with Crippen LogP contribution in [0.5, 0.6) is 0 Å². The van der Waals surface area contributed by atoms with Crippen molar-refractivity contribution in [3.8, 4) is 0 Å². The molecule has 0 fully saturated rings. The van der Waals surface area contributed by atoms with Crippen molar-refractivity contribution < 1.29 is 18.0 Å². The van der Waals surface area contributed by atoms with Gasteiger partial charge in [-0.15, -0.1) is 0 Å². The number of nitrogens with two attached hydrogens (primary N) is 2. The topological polar surface area (TPSA) is 148 Å². The van der Waals surface area contributed by atoms with E-state index in [9.17, 15) is 18.0 Å². The van der Waals surface area contributed by atoms with E-state index in [1.165, 1.54) is 4.31 Å². The second kappa shape index (κ2) is 8.73. The van der Waals surface area contributed by atoms with Gasteiger partial charge < -0.3 is 0 Å². The summed E-state index contributed by atoms with van der Waals surface area (Å²) in [5.74, 6) is 9.31. The van der Waals surface area contributed by atoms with Crippen LogP contribution in [0.4, 0.5) is 0 Å². The number of hydrogen-bond donors (Lipinski definition) is 4. The van der Waals surface area contributed by atoms with Gasteiger partial charge in [-0.2, -0.15) is 4.31 Å². The van der Waals surface area contributed by atoms with E-state index in [4.69, 9.17) is 11.7 Å². The molecule has 2 aromatic carbocycles. The third kappa shape index (κ3) is 5.59. The van der Waals surface area contributed by atoms with Gasteiger partial charge in [0.2, 0.25) is 10.0 Å². The maximum Gasteiger partial charge on any atom is 0.265 e. The Kier molecular flexibility index (Phi) is 6.64. The second-order valence-corrected chi connectivity index (χ2v) is 7.85. The van der Waals surface area contributed by atoms with E-state index in [0.717, 1.165) is 6.26 Å². The highest BCUT2D eigenvalue weighted by Crippen LogP contribution is 2.15. The van der Waals surface area contributed by atoms with Gasteiger partial charge in [-0.3, -0.25) is 20.4 Å². The number of amides is 2. The minimum absolute atomic E-state index is 0.133. The standard InChI is InChI=1S/C17H21N5O4S/c1-27(25,26)22(10-12-2-6-14(7-3-12)16(23)20-18)11-13-4-8-15(9-5-13)17(24)21-19/h2-9H,10-11,18-19H2,1H3,(H,20,23)(H,21,24). The Morgan fingerprint density at radius 1 is 0.815 bits per heavy atom. The molecule has 9 nitrogen and oxygen atoms in total. The first-order valence-electron chi connectivity index (χ1n) is 7.89. The number of nitrogen functional groups attached to an aromatic ring is 2. The number of hydrazine groups is 2. The van der Waals surface area contributed by atoms with Crippen molar-refractivity contribution in [1.82, 2.24) is 15.2 Å². The van der Waals surface area contributed by atoms with Crippen molar-refractivity contribution in [2.75, 3.05) is 6.26 Å². The molecule has 0 aliphatic heterocycles. The summed E-state index contributed by atoms with van der Waals surface area (Å²) in [6.07, 6.45) is 1.12. The summed E-state index contributed by atoms with van der Waals surface area (Å²) in [7, 11) is -3.49. The first-order valence-corrected chi connectivity index (χ1v) is 9.74. The lowest BCUT2D eigenvalue weighted by Gasteiger charge is -2.20. The van der Waals surface area contributed by atoms with Crippen LogP contribution in [0.1, 0.15) is 31.8 Å². The predicted molar refractivity (Wildman–Crippen MR) is 100 cm³/mol. The summed E-state index contributed by atoms with van der Waals surface area (Å²) < 4.78 is 25.6. The summed E-state index contributed by atoms with van der Waals surface area (Å²) in [4.78, 5) is 22.9. The van der Waals surface area contributed by atoms with E-state index in [1.54, 1.807) is 48.5 Å². The minimum atomic E-state index is -3.49. The molecule has 10 heteroatoms. The lowest BCUT2D eigenvalue weighted by atomic mass is 10.1. The van der Waals surface area contributed by atoms with Gasteiger partial charge in [0.25, 0.3) is 11.8 Å². The number of rotatable bonds is 7. The minimum Gasteiger partial charge on any atom is -0.290 e. The zero-order chi connectivity index (χ0) is 20.0. The van der Waals surface area contributed by atoms with E-state index in [0.29, 0.717) is 22.3 Å². The highest BCUT2D eigenvalue weighted by Gasteiger charge is 2.18. The smallest absolute Gasteiger partial charge is 0.265 e. The van der Waals surface area contributed by atoms with Crippen LogP contribution in [0.3, 0.4) is 0 Å². The summed E-state index contributed by atoms with van der Waals surface area (Å²) in [6.45, 7) is 0.267. The molecule has 27 heavy (non-hydrogen) atoms. The van der Waals surface area contributed by atoms with Crippen LogP contribution in [-0.2, 0) is 23.1 Å². The van der Waals surface area contributed by atoms with Gasteiger partial charge in [-0.1, -0.05) is 24.3 Å². The quantitative estimate of drug-likeness (QED) is 0.293. The van der Waals surface area contributed by atoms with Gasteiger partial charge in [-0.25, -0.2) is 20.1 Å². The van der Waals surface area contributed by atoms with Crippen LogP contribution in [0.15, 0.2) is 48.5 Å². The molecule has 0 aliphatic carbocycles. The maximum absolute atomic E-state index is 12.1. The lowest BCUT2D eigenvalue weighted by molar-refractivity contribution is 0.0945. The molecule has 6 N–H and O–H groups in total. The van der Waals surface area contributed by atoms with Crippen LogP contribution < -0.4 is 22.5 Å². The molecule has 0 unspecified atom stereocenters. The molecule has 0 atom stereocenters. The molecule has 0 heterocycles. The third-order valence-corrected chi connectivity index (χ3v) is 5.08. The Labute approximate surface area is 157 Å². The normalized spacial score (nSPS) is 11.3. The predicted octanol–water partition coefficient (Wildman–Crippen LogP) is -0.145. The highest BCUT2D eigenvalue weighted by atomic mass is 32.2. The molecule has 2 amide bonds. The summed E-state index contributed by atoms with van der Waals surface area (Å²) in [5.41, 5.74) is 6.25. The van der Waals surface area contributed by atoms with Crippen molar-refractivity contribution in [1.29, 1.82) is 0 Å². The first-order chi connectivity index (χ1) is 12.7. The molecule has 0 spiro atoms. The zero-order valence-electron chi connectivity index (χ0n) is 14.7. The number of nitrogens with zero attached hydrogens (tertiary/aromatic N) is 1. The molecule has 0 saturated heterocycles. The van der Waals surface area contributed by atoms with E-state index in [-0.39, 0.29) is 13.1 Å². The Morgan fingerprint density at radius 3 is 1.41 bits per heavy atom.